The van der Waals surface area contributed by atoms with Gasteiger partial charge in [-0.15, -0.1) is 0 Å². The van der Waals surface area contributed by atoms with E-state index in [2.05, 4.69) is 10.1 Å². The fourth-order valence-corrected chi connectivity index (χ4v) is 2.91. The lowest BCUT2D eigenvalue weighted by Crippen LogP contribution is -2.17. The van der Waals surface area contributed by atoms with E-state index in [4.69, 9.17) is 9.26 Å². The van der Waals surface area contributed by atoms with Gasteiger partial charge in [0.25, 0.3) is 0 Å². The molecule has 0 aromatic carbocycles. The fourth-order valence-electron chi connectivity index (χ4n) is 2.91. The minimum absolute atomic E-state index is 0.291. The molecule has 1 unspecified atom stereocenters. The summed E-state index contributed by atoms with van der Waals surface area (Å²) in [5, 5.41) is 4.09. The Hall–Kier alpha value is -1.23. The van der Waals surface area contributed by atoms with Crippen LogP contribution in [0, 0.1) is 5.92 Å². The molecule has 1 atom stereocenters. The van der Waals surface area contributed by atoms with Crippen molar-refractivity contribution in [3.63, 3.8) is 0 Å². The van der Waals surface area contributed by atoms with Crippen molar-refractivity contribution in [2.24, 2.45) is 5.92 Å². The molecule has 2 heterocycles. The predicted octanol–water partition coefficient (Wildman–Crippen LogP) is 2.27. The van der Waals surface area contributed by atoms with Gasteiger partial charge in [-0.05, 0) is 31.6 Å². The highest BCUT2D eigenvalue weighted by Gasteiger charge is 2.24. The van der Waals surface area contributed by atoms with Crippen LogP contribution in [0.15, 0.2) is 4.52 Å². The van der Waals surface area contributed by atoms with Gasteiger partial charge in [0.05, 0.1) is 6.61 Å². The van der Waals surface area contributed by atoms with Crippen molar-refractivity contribution in [3.8, 4) is 0 Å². The van der Waals surface area contributed by atoms with Crippen LogP contribution in [-0.4, -0.2) is 29.1 Å². The maximum absolute atomic E-state index is 11.2. The number of nitrogens with zero attached hydrogens (tertiary/aromatic N) is 2. The van der Waals surface area contributed by atoms with Crippen LogP contribution in [0.1, 0.15) is 56.2 Å². The first kappa shape index (κ1) is 12.8. The van der Waals surface area contributed by atoms with E-state index in [0.29, 0.717) is 37.1 Å². The number of rotatable bonds is 3. The average molecular weight is 264 g/mol. The molecule has 104 valence electrons. The first-order valence-corrected chi connectivity index (χ1v) is 7.23. The molecular weight excluding hydrogens is 244 g/mol. The SMILES string of the molecule is O=C1CCC(Cc2nc(C3CCCOC3)no2)CC1. The molecule has 5 heteroatoms. The van der Waals surface area contributed by atoms with E-state index >= 15 is 0 Å². The largest absolute Gasteiger partial charge is 0.381 e. The quantitative estimate of drug-likeness (QED) is 0.837. The lowest BCUT2D eigenvalue weighted by molar-refractivity contribution is -0.121. The second-order valence-corrected chi connectivity index (χ2v) is 5.65. The van der Waals surface area contributed by atoms with E-state index in [9.17, 15) is 4.79 Å². The van der Waals surface area contributed by atoms with Crippen LogP contribution in [0.5, 0.6) is 0 Å². The second kappa shape index (κ2) is 5.82. The number of carbonyl (C=O) groups is 1. The van der Waals surface area contributed by atoms with Gasteiger partial charge < -0.3 is 9.26 Å². The summed E-state index contributed by atoms with van der Waals surface area (Å²) in [4.78, 5) is 15.7. The Morgan fingerprint density at radius 3 is 2.79 bits per heavy atom. The smallest absolute Gasteiger partial charge is 0.226 e. The highest BCUT2D eigenvalue weighted by Crippen LogP contribution is 2.26. The lowest BCUT2D eigenvalue weighted by Gasteiger charge is -2.19. The topological polar surface area (TPSA) is 65.2 Å². The minimum atomic E-state index is 0.291. The van der Waals surface area contributed by atoms with Gasteiger partial charge in [-0.2, -0.15) is 4.98 Å². The standard InChI is InChI=1S/C14H20N2O3/c17-12-5-3-10(4-6-12)8-13-15-14(16-19-13)11-2-1-7-18-9-11/h10-11H,1-9H2. The third kappa shape index (κ3) is 3.21. The second-order valence-electron chi connectivity index (χ2n) is 5.65. The number of aromatic nitrogens is 2. The molecule has 2 fully saturated rings. The van der Waals surface area contributed by atoms with Crippen molar-refractivity contribution in [1.82, 2.24) is 10.1 Å². The molecule has 2 aliphatic rings. The minimum Gasteiger partial charge on any atom is -0.381 e. The van der Waals surface area contributed by atoms with Gasteiger partial charge in [0.1, 0.15) is 5.78 Å². The zero-order valence-corrected chi connectivity index (χ0v) is 11.1. The van der Waals surface area contributed by atoms with Gasteiger partial charge in [0.2, 0.25) is 5.89 Å². The summed E-state index contributed by atoms with van der Waals surface area (Å²) in [6.07, 6.45) is 6.31. The molecule has 1 aliphatic carbocycles. The van der Waals surface area contributed by atoms with Crippen molar-refractivity contribution in [1.29, 1.82) is 0 Å². The van der Waals surface area contributed by atoms with Gasteiger partial charge in [-0.25, -0.2) is 0 Å². The first-order valence-electron chi connectivity index (χ1n) is 7.23. The number of carbonyl (C=O) groups excluding carboxylic acids is 1. The predicted molar refractivity (Wildman–Crippen MR) is 67.8 cm³/mol. The summed E-state index contributed by atoms with van der Waals surface area (Å²) in [5.74, 6) is 2.72. The molecule has 3 rings (SSSR count). The Kier molecular flexibility index (Phi) is 3.92. The van der Waals surface area contributed by atoms with Gasteiger partial charge >= 0.3 is 0 Å². The third-order valence-electron chi connectivity index (χ3n) is 4.14. The van der Waals surface area contributed by atoms with E-state index in [-0.39, 0.29) is 0 Å². The van der Waals surface area contributed by atoms with E-state index in [1.54, 1.807) is 0 Å². The van der Waals surface area contributed by atoms with Crippen molar-refractivity contribution < 1.29 is 14.1 Å². The Balaban J connectivity index is 1.57. The van der Waals surface area contributed by atoms with Crippen LogP contribution in [0.3, 0.4) is 0 Å². The number of hydrogen-bond acceptors (Lipinski definition) is 5. The van der Waals surface area contributed by atoms with Gasteiger partial charge in [0.15, 0.2) is 5.82 Å². The Labute approximate surface area is 112 Å². The van der Waals surface area contributed by atoms with Crippen LogP contribution in [0.2, 0.25) is 0 Å². The lowest BCUT2D eigenvalue weighted by atomic mass is 9.86. The molecule has 0 spiro atoms. The van der Waals surface area contributed by atoms with Crippen LogP contribution >= 0.6 is 0 Å². The summed E-state index contributed by atoms with van der Waals surface area (Å²) in [5.41, 5.74) is 0. The number of ketones is 1. The van der Waals surface area contributed by atoms with E-state index < -0.39 is 0 Å². The van der Waals surface area contributed by atoms with Crippen molar-refractivity contribution >= 4 is 5.78 Å². The number of ether oxygens (including phenoxy) is 1. The number of hydrogen-bond donors (Lipinski definition) is 0. The number of Topliss-reactive ketones (excluding diaryl/α,β-unsaturated/α-hetero) is 1. The maximum atomic E-state index is 11.2. The summed E-state index contributed by atoms with van der Waals surface area (Å²) in [6, 6.07) is 0. The Bertz CT molecular complexity index is 428. The highest BCUT2D eigenvalue weighted by molar-refractivity contribution is 5.79. The van der Waals surface area contributed by atoms with E-state index in [1.807, 2.05) is 0 Å². The van der Waals surface area contributed by atoms with Crippen LogP contribution in [0.4, 0.5) is 0 Å². The summed E-state index contributed by atoms with van der Waals surface area (Å²) < 4.78 is 10.8. The molecule has 1 saturated carbocycles. The highest BCUT2D eigenvalue weighted by atomic mass is 16.5. The van der Waals surface area contributed by atoms with E-state index in [0.717, 1.165) is 50.4 Å². The zero-order chi connectivity index (χ0) is 13.1. The molecule has 1 aromatic rings. The van der Waals surface area contributed by atoms with Crippen LogP contribution in [0.25, 0.3) is 0 Å². The average Bonchev–Trinajstić information content (AvgIpc) is 2.91. The van der Waals surface area contributed by atoms with Gasteiger partial charge in [-0.3, -0.25) is 4.79 Å². The summed E-state index contributed by atoms with van der Waals surface area (Å²) in [6.45, 7) is 1.55. The molecule has 1 saturated heterocycles. The summed E-state index contributed by atoms with van der Waals surface area (Å²) >= 11 is 0. The molecule has 0 radical (unpaired) electrons. The molecule has 5 nitrogen and oxygen atoms in total. The monoisotopic (exact) mass is 264 g/mol. The van der Waals surface area contributed by atoms with Crippen LogP contribution in [-0.2, 0) is 16.0 Å². The van der Waals surface area contributed by atoms with Crippen molar-refractivity contribution in [2.45, 2.75) is 50.9 Å². The van der Waals surface area contributed by atoms with Crippen molar-refractivity contribution in [3.05, 3.63) is 11.7 Å². The molecule has 1 aliphatic heterocycles. The Morgan fingerprint density at radius 2 is 2.05 bits per heavy atom. The third-order valence-corrected chi connectivity index (χ3v) is 4.14. The van der Waals surface area contributed by atoms with E-state index in [1.165, 1.54) is 0 Å². The maximum Gasteiger partial charge on any atom is 0.226 e. The molecule has 19 heavy (non-hydrogen) atoms. The molecule has 0 N–H and O–H groups in total. The van der Waals surface area contributed by atoms with Gasteiger partial charge in [-0.1, -0.05) is 5.16 Å². The Morgan fingerprint density at radius 1 is 1.21 bits per heavy atom. The van der Waals surface area contributed by atoms with Crippen LogP contribution < -0.4 is 0 Å². The van der Waals surface area contributed by atoms with Gasteiger partial charge in [0, 0.05) is 31.8 Å². The first-order chi connectivity index (χ1) is 9.31. The molecule has 1 aromatic heterocycles. The molecule has 0 bridgehead atoms. The normalized spacial score (nSPS) is 25.7. The zero-order valence-electron chi connectivity index (χ0n) is 11.1. The molecular formula is C14H20N2O3. The van der Waals surface area contributed by atoms with Crippen molar-refractivity contribution in [2.75, 3.05) is 13.2 Å². The molecule has 0 amide bonds. The fraction of sp³-hybridized carbons (Fsp3) is 0.786. The summed E-state index contributed by atoms with van der Waals surface area (Å²) in [7, 11) is 0.